The molecule has 0 saturated carbocycles. The number of fused-ring (bicyclic) bond motifs is 1. The van der Waals surface area contributed by atoms with Crippen molar-refractivity contribution in [3.63, 3.8) is 0 Å². The summed E-state index contributed by atoms with van der Waals surface area (Å²) < 4.78 is 3.73. The van der Waals surface area contributed by atoms with Crippen LogP contribution in [0.1, 0.15) is 26.3 Å². The van der Waals surface area contributed by atoms with Gasteiger partial charge in [-0.1, -0.05) is 6.58 Å². The van der Waals surface area contributed by atoms with Crippen LogP contribution in [0.3, 0.4) is 0 Å². The van der Waals surface area contributed by atoms with Crippen LogP contribution in [0.25, 0.3) is 11.2 Å². The number of hydrogen-bond acceptors (Lipinski definition) is 7. The van der Waals surface area contributed by atoms with Gasteiger partial charge in [-0.2, -0.15) is 15.1 Å². The number of nitrogens with one attached hydrogen (secondary N) is 2. The minimum atomic E-state index is -0.0533. The lowest BCUT2D eigenvalue weighted by atomic mass is 10.3. The molecular formula is C19H25N9O. The van der Waals surface area contributed by atoms with Crippen LogP contribution in [0.5, 0.6) is 0 Å². The molecule has 3 aromatic heterocycles. The van der Waals surface area contributed by atoms with E-state index in [0.717, 1.165) is 17.8 Å². The van der Waals surface area contributed by atoms with Crippen molar-refractivity contribution < 1.29 is 4.79 Å². The molecule has 10 heteroatoms. The molecule has 4 heterocycles. The molecule has 1 amide bonds. The van der Waals surface area contributed by atoms with E-state index in [1.807, 2.05) is 17.8 Å². The zero-order chi connectivity index (χ0) is 20.5. The summed E-state index contributed by atoms with van der Waals surface area (Å²) in [5, 5.41) is 10.9. The van der Waals surface area contributed by atoms with Gasteiger partial charge in [0, 0.05) is 38.4 Å². The molecule has 1 aliphatic rings. The molecule has 0 aromatic carbocycles. The number of likely N-dealkylation sites (tertiary alicyclic amines) is 1. The molecular weight excluding hydrogens is 370 g/mol. The van der Waals surface area contributed by atoms with Crippen molar-refractivity contribution in [1.29, 1.82) is 0 Å². The minimum absolute atomic E-state index is 0.0533. The molecule has 0 unspecified atom stereocenters. The number of aryl methyl sites for hydroxylation is 1. The highest BCUT2D eigenvalue weighted by Crippen LogP contribution is 2.26. The molecule has 0 radical (unpaired) electrons. The van der Waals surface area contributed by atoms with Crippen LogP contribution in [-0.4, -0.2) is 59.2 Å². The number of imidazole rings is 1. The molecule has 2 N–H and O–H groups in total. The maximum Gasteiger partial charge on any atom is 0.246 e. The molecule has 4 rings (SSSR count). The van der Waals surface area contributed by atoms with Crippen molar-refractivity contribution in [3.8, 4) is 0 Å². The van der Waals surface area contributed by atoms with Crippen LogP contribution in [0.2, 0.25) is 0 Å². The monoisotopic (exact) mass is 395 g/mol. The van der Waals surface area contributed by atoms with Crippen LogP contribution >= 0.6 is 0 Å². The van der Waals surface area contributed by atoms with E-state index in [-0.39, 0.29) is 18.0 Å². The van der Waals surface area contributed by atoms with E-state index >= 15 is 0 Å². The number of rotatable bonds is 6. The fraction of sp³-hybridized carbons (Fsp3) is 0.421. The third-order valence-electron chi connectivity index (χ3n) is 4.95. The van der Waals surface area contributed by atoms with Crippen molar-refractivity contribution in [2.75, 3.05) is 23.7 Å². The average Bonchev–Trinajstić information content (AvgIpc) is 3.41. The van der Waals surface area contributed by atoms with Gasteiger partial charge in [-0.25, -0.2) is 4.98 Å². The van der Waals surface area contributed by atoms with Crippen LogP contribution < -0.4 is 10.6 Å². The Hall–Kier alpha value is -3.43. The van der Waals surface area contributed by atoms with E-state index in [1.54, 1.807) is 22.1 Å². The summed E-state index contributed by atoms with van der Waals surface area (Å²) in [4.78, 5) is 27.5. The summed E-state index contributed by atoms with van der Waals surface area (Å²) in [7, 11) is 1.86. The first-order valence-electron chi connectivity index (χ1n) is 9.62. The average molecular weight is 395 g/mol. The Balaban J connectivity index is 1.65. The number of carbonyl (C=O) groups excluding carboxylic acids is 1. The smallest absolute Gasteiger partial charge is 0.246 e. The van der Waals surface area contributed by atoms with Gasteiger partial charge in [0.15, 0.2) is 17.0 Å². The first-order valence-corrected chi connectivity index (χ1v) is 9.62. The highest BCUT2D eigenvalue weighted by Gasteiger charge is 2.26. The standard InChI is InChI=1S/C19H25N9O/c1-5-15(29)27-7-6-13(10-27)23-19-24-17(22-14-8-21-26(4)9-14)16-18(25-19)28(11-20-16)12(2)3/h5,8-9,11-13H,1,6-7,10H2,2-4H3,(H2,22,23,24,25)/t13-/m1/s1. The Morgan fingerprint density at radius 3 is 2.90 bits per heavy atom. The lowest BCUT2D eigenvalue weighted by molar-refractivity contribution is -0.125. The molecule has 1 aliphatic heterocycles. The normalized spacial score (nSPS) is 16.6. The zero-order valence-electron chi connectivity index (χ0n) is 16.8. The maximum atomic E-state index is 11.9. The number of amides is 1. The Kier molecular flexibility index (Phi) is 4.91. The summed E-state index contributed by atoms with van der Waals surface area (Å²) >= 11 is 0. The van der Waals surface area contributed by atoms with Gasteiger partial charge in [0.1, 0.15) is 0 Å². The molecule has 152 valence electrons. The van der Waals surface area contributed by atoms with Gasteiger partial charge in [0.05, 0.1) is 18.2 Å². The molecule has 1 atom stereocenters. The molecule has 0 spiro atoms. The molecule has 10 nitrogen and oxygen atoms in total. The second-order valence-corrected chi connectivity index (χ2v) is 7.46. The SMILES string of the molecule is C=CC(=O)N1CC[C@@H](Nc2nc(Nc3cnn(C)c3)c3ncn(C(C)C)c3n2)C1. The third-order valence-corrected chi connectivity index (χ3v) is 4.95. The van der Waals surface area contributed by atoms with Crippen LogP contribution in [0.15, 0.2) is 31.4 Å². The fourth-order valence-electron chi connectivity index (χ4n) is 3.46. The van der Waals surface area contributed by atoms with Gasteiger partial charge in [-0.05, 0) is 26.3 Å². The fourth-order valence-corrected chi connectivity index (χ4v) is 3.46. The summed E-state index contributed by atoms with van der Waals surface area (Å²) in [6.45, 7) is 9.02. The van der Waals surface area contributed by atoms with Crippen LogP contribution in [0.4, 0.5) is 17.5 Å². The number of carbonyl (C=O) groups is 1. The van der Waals surface area contributed by atoms with Crippen molar-refractivity contribution in [1.82, 2.24) is 34.2 Å². The lowest BCUT2D eigenvalue weighted by Crippen LogP contribution is -2.30. The minimum Gasteiger partial charge on any atom is -0.350 e. The van der Waals surface area contributed by atoms with Gasteiger partial charge in [-0.3, -0.25) is 9.48 Å². The molecule has 29 heavy (non-hydrogen) atoms. The van der Waals surface area contributed by atoms with E-state index in [4.69, 9.17) is 4.98 Å². The largest absolute Gasteiger partial charge is 0.350 e. The van der Waals surface area contributed by atoms with Gasteiger partial charge < -0.3 is 20.1 Å². The van der Waals surface area contributed by atoms with E-state index < -0.39 is 0 Å². The quantitative estimate of drug-likeness (QED) is 0.616. The predicted octanol–water partition coefficient (Wildman–Crippen LogP) is 2.08. The number of nitrogens with zero attached hydrogens (tertiary/aromatic N) is 7. The number of anilines is 3. The van der Waals surface area contributed by atoms with Crippen molar-refractivity contribution in [3.05, 3.63) is 31.4 Å². The summed E-state index contributed by atoms with van der Waals surface area (Å²) in [6.07, 6.45) is 7.56. The summed E-state index contributed by atoms with van der Waals surface area (Å²) in [5.74, 6) is 1.06. The second-order valence-electron chi connectivity index (χ2n) is 7.46. The molecule has 1 fully saturated rings. The molecule has 0 bridgehead atoms. The highest BCUT2D eigenvalue weighted by molar-refractivity contribution is 5.87. The Morgan fingerprint density at radius 1 is 1.38 bits per heavy atom. The highest BCUT2D eigenvalue weighted by atomic mass is 16.2. The van der Waals surface area contributed by atoms with Gasteiger partial charge in [0.25, 0.3) is 0 Å². The van der Waals surface area contributed by atoms with E-state index in [0.29, 0.717) is 30.4 Å². The molecule has 3 aromatic rings. The van der Waals surface area contributed by atoms with Crippen molar-refractivity contribution >= 4 is 34.5 Å². The summed E-state index contributed by atoms with van der Waals surface area (Å²) in [5.41, 5.74) is 2.27. The number of aromatic nitrogens is 6. The van der Waals surface area contributed by atoms with Crippen LogP contribution in [-0.2, 0) is 11.8 Å². The molecule has 0 aliphatic carbocycles. The topological polar surface area (TPSA) is 106 Å². The molecule has 1 saturated heterocycles. The van der Waals surface area contributed by atoms with E-state index in [1.165, 1.54) is 6.08 Å². The maximum absolute atomic E-state index is 11.9. The zero-order valence-corrected chi connectivity index (χ0v) is 16.8. The summed E-state index contributed by atoms with van der Waals surface area (Å²) in [6, 6.07) is 0.291. The lowest BCUT2D eigenvalue weighted by Gasteiger charge is -2.16. The van der Waals surface area contributed by atoms with E-state index in [2.05, 4.69) is 46.1 Å². The predicted molar refractivity (Wildman–Crippen MR) is 111 cm³/mol. The van der Waals surface area contributed by atoms with Crippen molar-refractivity contribution in [2.45, 2.75) is 32.4 Å². The number of hydrogen-bond donors (Lipinski definition) is 2. The first-order chi connectivity index (χ1) is 13.9. The third kappa shape index (κ3) is 3.78. The Morgan fingerprint density at radius 2 is 2.21 bits per heavy atom. The Labute approximate surface area is 168 Å². The Bertz CT molecular complexity index is 1050. The van der Waals surface area contributed by atoms with Gasteiger partial charge >= 0.3 is 0 Å². The second kappa shape index (κ2) is 7.53. The van der Waals surface area contributed by atoms with Crippen LogP contribution in [0, 0.1) is 0 Å². The van der Waals surface area contributed by atoms with Crippen molar-refractivity contribution in [2.24, 2.45) is 7.05 Å². The van der Waals surface area contributed by atoms with Gasteiger partial charge in [0.2, 0.25) is 11.9 Å². The first kappa shape index (κ1) is 18.9. The van der Waals surface area contributed by atoms with Gasteiger partial charge in [-0.15, -0.1) is 0 Å². The van der Waals surface area contributed by atoms with E-state index in [9.17, 15) is 4.79 Å².